The fourth-order valence-corrected chi connectivity index (χ4v) is 2.06. The van der Waals surface area contributed by atoms with E-state index in [1.54, 1.807) is 13.2 Å². The molecule has 0 saturated carbocycles. The van der Waals surface area contributed by atoms with E-state index in [4.69, 9.17) is 16.3 Å². The molecule has 0 amide bonds. The summed E-state index contributed by atoms with van der Waals surface area (Å²) in [6.07, 6.45) is -0.767. The average Bonchev–Trinajstić information content (AvgIpc) is 2.17. The second kappa shape index (κ2) is 3.77. The van der Waals surface area contributed by atoms with Gasteiger partial charge < -0.3 is 10.1 Å². The zero-order valence-electron chi connectivity index (χ0n) is 7.84. The number of benzene rings is 1. The standard InChI is InChI=1S/C10H11ClNO2/c1-14-7-2-6-4-12-5-9(13)10(6)8(11)3-7/h2-3,9,12H,4-5H2,1H3. The summed E-state index contributed by atoms with van der Waals surface area (Å²) in [5.41, 5.74) is 1.66. The Hall–Kier alpha value is -0.770. The van der Waals surface area contributed by atoms with Gasteiger partial charge >= 0.3 is 0 Å². The van der Waals surface area contributed by atoms with E-state index in [0.29, 0.717) is 29.4 Å². The number of methoxy groups -OCH3 is 1. The first-order valence-electron chi connectivity index (χ1n) is 4.45. The minimum atomic E-state index is -0.767. The maximum Gasteiger partial charge on any atom is 0.132 e. The van der Waals surface area contributed by atoms with Crippen molar-refractivity contribution in [2.24, 2.45) is 0 Å². The van der Waals surface area contributed by atoms with Gasteiger partial charge in [-0.2, -0.15) is 0 Å². The monoisotopic (exact) mass is 212 g/mol. The summed E-state index contributed by atoms with van der Waals surface area (Å²) < 4.78 is 5.08. The Morgan fingerprint density at radius 2 is 2.36 bits per heavy atom. The normalized spacial score (nSPS) is 20.4. The van der Waals surface area contributed by atoms with Gasteiger partial charge in [0, 0.05) is 18.7 Å². The molecular formula is C10H11ClNO2. The quantitative estimate of drug-likeness (QED) is 0.773. The van der Waals surface area contributed by atoms with Crippen molar-refractivity contribution >= 4 is 11.6 Å². The van der Waals surface area contributed by atoms with Crippen LogP contribution in [0.5, 0.6) is 5.75 Å². The van der Waals surface area contributed by atoms with Crippen molar-refractivity contribution in [1.29, 1.82) is 0 Å². The molecule has 3 nitrogen and oxygen atoms in total. The molecule has 1 aromatic carbocycles. The maximum absolute atomic E-state index is 11.6. The van der Waals surface area contributed by atoms with Gasteiger partial charge in [0.25, 0.3) is 0 Å². The number of halogens is 1. The fourth-order valence-electron chi connectivity index (χ4n) is 1.71. The first-order valence-corrected chi connectivity index (χ1v) is 4.83. The summed E-state index contributed by atoms with van der Waals surface area (Å²) in [6, 6.07) is 3.55. The summed E-state index contributed by atoms with van der Waals surface area (Å²) in [7, 11) is 1.59. The lowest BCUT2D eigenvalue weighted by molar-refractivity contribution is 0.0814. The molecule has 2 rings (SSSR count). The first kappa shape index (κ1) is 9.77. The molecule has 1 atom stereocenters. The zero-order valence-corrected chi connectivity index (χ0v) is 8.60. The zero-order chi connectivity index (χ0) is 10.1. The van der Waals surface area contributed by atoms with E-state index >= 15 is 0 Å². The molecule has 1 N–H and O–H groups in total. The van der Waals surface area contributed by atoms with Gasteiger partial charge in [-0.1, -0.05) is 11.6 Å². The van der Waals surface area contributed by atoms with Crippen molar-refractivity contribution < 1.29 is 9.84 Å². The molecule has 1 unspecified atom stereocenters. The van der Waals surface area contributed by atoms with Gasteiger partial charge in [-0.25, -0.2) is 5.11 Å². The molecule has 1 radical (unpaired) electrons. The molecule has 75 valence electrons. The Bertz CT molecular complexity index is 354. The molecule has 1 heterocycles. The Labute approximate surface area is 87.6 Å². The van der Waals surface area contributed by atoms with Gasteiger partial charge in [-0.15, -0.1) is 0 Å². The highest BCUT2D eigenvalue weighted by Crippen LogP contribution is 2.33. The van der Waals surface area contributed by atoms with E-state index in [2.05, 4.69) is 5.32 Å². The van der Waals surface area contributed by atoms with Crippen LogP contribution in [0.2, 0.25) is 5.02 Å². The van der Waals surface area contributed by atoms with Crippen molar-refractivity contribution in [3.63, 3.8) is 0 Å². The Morgan fingerprint density at radius 1 is 1.57 bits per heavy atom. The topological polar surface area (TPSA) is 41.2 Å². The minimum absolute atomic E-state index is 0.444. The molecule has 0 saturated heterocycles. The molecule has 1 aromatic rings. The van der Waals surface area contributed by atoms with Crippen LogP contribution in [0.25, 0.3) is 0 Å². The fraction of sp³-hybridized carbons (Fsp3) is 0.400. The SMILES string of the molecule is COc1cc(Cl)c2c(c1)CNCC2[O]. The van der Waals surface area contributed by atoms with Crippen LogP contribution < -0.4 is 10.1 Å². The first-order chi connectivity index (χ1) is 6.72. The van der Waals surface area contributed by atoms with Crippen molar-refractivity contribution in [1.82, 2.24) is 5.32 Å². The summed E-state index contributed by atoms with van der Waals surface area (Å²) >= 11 is 6.01. The highest BCUT2D eigenvalue weighted by molar-refractivity contribution is 6.31. The third-order valence-corrected chi connectivity index (χ3v) is 2.70. The summed E-state index contributed by atoms with van der Waals surface area (Å²) in [5.74, 6) is 0.699. The lowest BCUT2D eigenvalue weighted by Crippen LogP contribution is -2.27. The molecule has 0 aliphatic carbocycles. The molecular weight excluding hydrogens is 202 g/mol. The molecule has 14 heavy (non-hydrogen) atoms. The maximum atomic E-state index is 11.6. The van der Waals surface area contributed by atoms with Gasteiger partial charge in [-0.3, -0.25) is 0 Å². The Kier molecular flexibility index (Phi) is 2.63. The third-order valence-electron chi connectivity index (χ3n) is 2.39. The Balaban J connectivity index is 2.51. The van der Waals surface area contributed by atoms with Crippen LogP contribution in [0.15, 0.2) is 12.1 Å². The largest absolute Gasteiger partial charge is 0.497 e. The predicted octanol–water partition coefficient (Wildman–Crippen LogP) is 1.92. The van der Waals surface area contributed by atoms with E-state index in [9.17, 15) is 5.11 Å². The molecule has 0 bridgehead atoms. The second-order valence-electron chi connectivity index (χ2n) is 3.30. The van der Waals surface area contributed by atoms with Crippen LogP contribution in [-0.4, -0.2) is 13.7 Å². The lowest BCUT2D eigenvalue weighted by Gasteiger charge is -2.22. The van der Waals surface area contributed by atoms with Gasteiger partial charge in [0.05, 0.1) is 12.1 Å². The lowest BCUT2D eigenvalue weighted by atomic mass is 9.98. The molecule has 1 aliphatic heterocycles. The van der Waals surface area contributed by atoms with E-state index in [1.807, 2.05) is 6.07 Å². The molecule has 0 fully saturated rings. The highest BCUT2D eigenvalue weighted by Gasteiger charge is 2.22. The second-order valence-corrected chi connectivity index (χ2v) is 3.71. The molecule has 4 heteroatoms. The number of rotatable bonds is 1. The molecule has 1 aliphatic rings. The number of nitrogens with one attached hydrogen (secondary N) is 1. The van der Waals surface area contributed by atoms with E-state index in [1.165, 1.54) is 0 Å². The van der Waals surface area contributed by atoms with Crippen molar-refractivity contribution in [3.05, 3.63) is 28.3 Å². The van der Waals surface area contributed by atoms with Crippen molar-refractivity contribution in [2.45, 2.75) is 12.6 Å². The number of hydrogen-bond donors (Lipinski definition) is 1. The Morgan fingerprint density at radius 3 is 3.07 bits per heavy atom. The number of ether oxygens (including phenoxy) is 1. The van der Waals surface area contributed by atoms with E-state index < -0.39 is 6.10 Å². The molecule has 0 spiro atoms. The summed E-state index contributed by atoms with van der Waals surface area (Å²) in [5, 5.41) is 15.2. The van der Waals surface area contributed by atoms with Crippen LogP contribution in [0, 0.1) is 0 Å². The summed E-state index contributed by atoms with van der Waals surface area (Å²) in [4.78, 5) is 0. The summed E-state index contributed by atoms with van der Waals surface area (Å²) in [6.45, 7) is 1.13. The van der Waals surface area contributed by atoms with Gasteiger partial charge in [-0.05, 0) is 17.7 Å². The predicted molar refractivity (Wildman–Crippen MR) is 53.1 cm³/mol. The van der Waals surface area contributed by atoms with Crippen LogP contribution in [-0.2, 0) is 11.7 Å². The van der Waals surface area contributed by atoms with E-state index in [0.717, 1.165) is 5.56 Å². The van der Waals surface area contributed by atoms with Crippen molar-refractivity contribution in [2.75, 3.05) is 13.7 Å². The van der Waals surface area contributed by atoms with Gasteiger partial charge in [0.1, 0.15) is 11.9 Å². The average molecular weight is 213 g/mol. The number of hydrogen-bond acceptors (Lipinski definition) is 2. The van der Waals surface area contributed by atoms with E-state index in [-0.39, 0.29) is 0 Å². The minimum Gasteiger partial charge on any atom is -0.497 e. The van der Waals surface area contributed by atoms with Gasteiger partial charge in [0.15, 0.2) is 0 Å². The van der Waals surface area contributed by atoms with Crippen LogP contribution >= 0.6 is 11.6 Å². The van der Waals surface area contributed by atoms with Crippen LogP contribution in [0.4, 0.5) is 0 Å². The third kappa shape index (κ3) is 1.59. The van der Waals surface area contributed by atoms with Crippen LogP contribution in [0.1, 0.15) is 17.2 Å². The molecule has 0 aromatic heterocycles. The highest BCUT2D eigenvalue weighted by atomic mass is 35.5. The number of fused-ring (bicyclic) bond motifs is 1. The van der Waals surface area contributed by atoms with Crippen molar-refractivity contribution in [3.8, 4) is 5.75 Å². The van der Waals surface area contributed by atoms with Gasteiger partial charge in [0.2, 0.25) is 0 Å². The smallest absolute Gasteiger partial charge is 0.132 e. The van der Waals surface area contributed by atoms with Crippen LogP contribution in [0.3, 0.4) is 0 Å².